The van der Waals surface area contributed by atoms with Gasteiger partial charge in [0.15, 0.2) is 0 Å². The van der Waals surface area contributed by atoms with E-state index in [0.29, 0.717) is 6.42 Å². The van der Waals surface area contributed by atoms with Gasteiger partial charge in [-0.15, -0.1) is 0 Å². The molecule has 0 saturated heterocycles. The van der Waals surface area contributed by atoms with Crippen LogP contribution in [0.1, 0.15) is 12.5 Å². The minimum absolute atomic E-state index is 0.296. The van der Waals surface area contributed by atoms with E-state index in [2.05, 4.69) is 0 Å². The van der Waals surface area contributed by atoms with Gasteiger partial charge in [-0.1, -0.05) is 24.3 Å². The van der Waals surface area contributed by atoms with Crippen LogP contribution in [0.2, 0.25) is 0 Å². The zero-order valence-electron chi connectivity index (χ0n) is 11.0. The fraction of sp³-hybridized carbons (Fsp3) is 0.267. The number of benzene rings is 2. The summed E-state index contributed by atoms with van der Waals surface area (Å²) in [6.45, 7) is 1.52. The van der Waals surface area contributed by atoms with Crippen LogP contribution in [-0.4, -0.2) is 23.7 Å². The number of carboxylic acids is 1. The van der Waals surface area contributed by atoms with Crippen LogP contribution in [0.5, 0.6) is 5.75 Å². The maximum absolute atomic E-state index is 11.0. The van der Waals surface area contributed by atoms with Crippen LogP contribution in [0, 0.1) is 0 Å². The Labute approximate surface area is 111 Å². The predicted molar refractivity (Wildman–Crippen MR) is 74.4 cm³/mol. The first kappa shape index (κ1) is 13.4. The summed E-state index contributed by atoms with van der Waals surface area (Å²) >= 11 is 0. The maximum atomic E-state index is 11.0. The average molecular weight is 259 g/mol. The van der Waals surface area contributed by atoms with Crippen LogP contribution in [0.3, 0.4) is 0 Å². The molecule has 1 atom stereocenters. The Morgan fingerprint density at radius 2 is 1.89 bits per heavy atom. The first-order valence-electron chi connectivity index (χ1n) is 6.01. The molecular formula is C15H17NO3. The molecule has 2 aromatic rings. The highest BCUT2D eigenvalue weighted by atomic mass is 16.5. The second-order valence-electron chi connectivity index (χ2n) is 4.95. The van der Waals surface area contributed by atoms with E-state index in [0.717, 1.165) is 22.1 Å². The summed E-state index contributed by atoms with van der Waals surface area (Å²) < 4.78 is 5.17. The quantitative estimate of drug-likeness (QED) is 0.882. The van der Waals surface area contributed by atoms with Crippen LogP contribution in [0.4, 0.5) is 0 Å². The molecule has 0 bridgehead atoms. The molecule has 2 aromatic carbocycles. The molecule has 0 fully saturated rings. The van der Waals surface area contributed by atoms with Gasteiger partial charge in [0, 0.05) is 6.42 Å². The molecular weight excluding hydrogens is 242 g/mol. The molecule has 4 heteroatoms. The van der Waals surface area contributed by atoms with Gasteiger partial charge >= 0.3 is 5.97 Å². The molecule has 0 amide bonds. The van der Waals surface area contributed by atoms with Crippen molar-refractivity contribution in [1.29, 1.82) is 0 Å². The number of hydrogen-bond acceptors (Lipinski definition) is 3. The van der Waals surface area contributed by atoms with Crippen molar-refractivity contribution in [3.8, 4) is 5.75 Å². The van der Waals surface area contributed by atoms with Gasteiger partial charge in [-0.05, 0) is 35.4 Å². The van der Waals surface area contributed by atoms with E-state index in [9.17, 15) is 4.79 Å². The van der Waals surface area contributed by atoms with E-state index in [1.54, 1.807) is 7.11 Å². The average Bonchev–Trinajstić information content (AvgIpc) is 2.37. The number of hydrogen-bond donors (Lipinski definition) is 2. The van der Waals surface area contributed by atoms with E-state index in [1.165, 1.54) is 6.92 Å². The number of rotatable bonds is 4. The molecule has 0 aliphatic rings. The lowest BCUT2D eigenvalue weighted by Crippen LogP contribution is -2.46. The molecule has 0 saturated carbocycles. The molecule has 19 heavy (non-hydrogen) atoms. The molecule has 0 heterocycles. The van der Waals surface area contributed by atoms with Gasteiger partial charge in [-0.3, -0.25) is 4.79 Å². The highest BCUT2D eigenvalue weighted by Gasteiger charge is 2.27. The van der Waals surface area contributed by atoms with Gasteiger partial charge < -0.3 is 15.6 Å². The topological polar surface area (TPSA) is 72.5 Å². The lowest BCUT2D eigenvalue weighted by molar-refractivity contribution is -0.142. The van der Waals surface area contributed by atoms with Crippen molar-refractivity contribution in [2.45, 2.75) is 18.9 Å². The van der Waals surface area contributed by atoms with E-state index in [-0.39, 0.29) is 0 Å². The normalized spacial score (nSPS) is 14.1. The number of ether oxygens (including phenoxy) is 1. The number of aliphatic carboxylic acids is 1. The SMILES string of the molecule is COc1ccc2cc(C[C@](C)(N)C(=O)O)ccc2c1. The number of carbonyl (C=O) groups is 1. The van der Waals surface area contributed by atoms with Crippen molar-refractivity contribution in [1.82, 2.24) is 0 Å². The molecule has 2 rings (SSSR count). The van der Waals surface area contributed by atoms with Crippen LogP contribution in [0.15, 0.2) is 36.4 Å². The Morgan fingerprint density at radius 3 is 2.53 bits per heavy atom. The van der Waals surface area contributed by atoms with Gasteiger partial charge in [-0.25, -0.2) is 0 Å². The Kier molecular flexibility index (Phi) is 3.44. The Hall–Kier alpha value is -2.07. The Balaban J connectivity index is 2.35. The third kappa shape index (κ3) is 2.85. The van der Waals surface area contributed by atoms with Crippen LogP contribution in [0.25, 0.3) is 10.8 Å². The number of fused-ring (bicyclic) bond motifs is 1. The highest BCUT2D eigenvalue weighted by Crippen LogP contribution is 2.23. The molecule has 0 radical (unpaired) electrons. The lowest BCUT2D eigenvalue weighted by Gasteiger charge is -2.19. The summed E-state index contributed by atoms with van der Waals surface area (Å²) in [5.74, 6) is -0.197. The van der Waals surface area contributed by atoms with E-state index >= 15 is 0 Å². The van der Waals surface area contributed by atoms with Crippen LogP contribution in [-0.2, 0) is 11.2 Å². The number of methoxy groups -OCH3 is 1. The standard InChI is InChI=1S/C15H17NO3/c1-15(16,14(17)18)9-10-3-4-12-8-13(19-2)6-5-11(12)7-10/h3-8H,9,16H2,1-2H3,(H,17,18)/t15-/m0/s1. The van der Waals surface area contributed by atoms with Crippen molar-refractivity contribution in [3.05, 3.63) is 42.0 Å². The summed E-state index contributed by atoms with van der Waals surface area (Å²) in [5.41, 5.74) is 5.42. The van der Waals surface area contributed by atoms with Gasteiger partial charge in [-0.2, -0.15) is 0 Å². The molecule has 0 aliphatic carbocycles. The second-order valence-corrected chi connectivity index (χ2v) is 4.95. The fourth-order valence-electron chi connectivity index (χ4n) is 2.01. The minimum Gasteiger partial charge on any atom is -0.497 e. The van der Waals surface area contributed by atoms with Crippen molar-refractivity contribution in [2.24, 2.45) is 5.73 Å². The molecule has 3 N–H and O–H groups in total. The van der Waals surface area contributed by atoms with Crippen molar-refractivity contribution in [3.63, 3.8) is 0 Å². The van der Waals surface area contributed by atoms with Crippen molar-refractivity contribution < 1.29 is 14.6 Å². The third-order valence-corrected chi connectivity index (χ3v) is 3.17. The molecule has 0 spiro atoms. The maximum Gasteiger partial charge on any atom is 0.323 e. The zero-order valence-corrected chi connectivity index (χ0v) is 11.0. The van der Waals surface area contributed by atoms with Crippen molar-refractivity contribution in [2.75, 3.05) is 7.11 Å². The largest absolute Gasteiger partial charge is 0.497 e. The van der Waals surface area contributed by atoms with Crippen molar-refractivity contribution >= 4 is 16.7 Å². The Morgan fingerprint density at radius 1 is 1.26 bits per heavy atom. The third-order valence-electron chi connectivity index (χ3n) is 3.17. The summed E-state index contributed by atoms with van der Waals surface area (Å²) in [6, 6.07) is 11.6. The molecule has 0 aliphatic heterocycles. The summed E-state index contributed by atoms with van der Waals surface area (Å²) in [6.07, 6.45) is 0.296. The fourth-order valence-corrected chi connectivity index (χ4v) is 2.01. The van der Waals surface area contributed by atoms with Crippen LogP contribution < -0.4 is 10.5 Å². The zero-order chi connectivity index (χ0) is 14.0. The minimum atomic E-state index is -1.25. The lowest BCUT2D eigenvalue weighted by atomic mass is 9.93. The molecule has 100 valence electrons. The highest BCUT2D eigenvalue weighted by molar-refractivity contribution is 5.85. The number of carboxylic acid groups (broad SMARTS) is 1. The summed E-state index contributed by atoms with van der Waals surface area (Å²) in [5, 5.41) is 11.1. The molecule has 0 unspecified atom stereocenters. The van der Waals surface area contributed by atoms with Crippen LogP contribution >= 0.6 is 0 Å². The second kappa shape index (κ2) is 4.90. The van der Waals surface area contributed by atoms with Gasteiger partial charge in [0.25, 0.3) is 0 Å². The van der Waals surface area contributed by atoms with Gasteiger partial charge in [0.05, 0.1) is 7.11 Å². The first-order chi connectivity index (χ1) is 8.92. The summed E-state index contributed by atoms with van der Waals surface area (Å²) in [4.78, 5) is 11.0. The van der Waals surface area contributed by atoms with E-state index in [4.69, 9.17) is 15.6 Å². The predicted octanol–water partition coefficient (Wildman–Crippen LogP) is 2.19. The Bertz CT molecular complexity index is 620. The van der Waals surface area contributed by atoms with Gasteiger partial charge in [0.2, 0.25) is 0 Å². The number of nitrogens with two attached hydrogens (primary N) is 1. The first-order valence-corrected chi connectivity index (χ1v) is 6.01. The van der Waals surface area contributed by atoms with E-state index in [1.807, 2.05) is 36.4 Å². The molecule has 4 nitrogen and oxygen atoms in total. The van der Waals surface area contributed by atoms with Gasteiger partial charge in [0.1, 0.15) is 11.3 Å². The molecule has 0 aromatic heterocycles. The smallest absolute Gasteiger partial charge is 0.323 e. The summed E-state index contributed by atoms with van der Waals surface area (Å²) in [7, 11) is 1.63. The van der Waals surface area contributed by atoms with E-state index < -0.39 is 11.5 Å². The monoisotopic (exact) mass is 259 g/mol.